The van der Waals surface area contributed by atoms with E-state index in [1.807, 2.05) is 16.3 Å². The van der Waals surface area contributed by atoms with Gasteiger partial charge in [-0.25, -0.2) is 4.98 Å². The number of fused-ring (bicyclic) bond motifs is 1. The molecule has 31 heavy (non-hydrogen) atoms. The molecule has 1 fully saturated rings. The molecule has 1 amide bonds. The van der Waals surface area contributed by atoms with Crippen molar-refractivity contribution in [3.05, 3.63) is 70.2 Å². The number of ether oxygens (including phenoxy) is 1. The van der Waals surface area contributed by atoms with Crippen molar-refractivity contribution < 1.29 is 9.53 Å². The zero-order valence-electron chi connectivity index (χ0n) is 17.8. The first-order valence-corrected chi connectivity index (χ1v) is 11.8. The maximum atomic E-state index is 12.8. The molecule has 0 unspecified atom stereocenters. The van der Waals surface area contributed by atoms with E-state index in [0.29, 0.717) is 6.42 Å². The monoisotopic (exact) mass is 433 g/mol. The lowest BCUT2D eigenvalue weighted by Gasteiger charge is -2.34. The van der Waals surface area contributed by atoms with Crippen molar-refractivity contribution in [2.45, 2.75) is 26.3 Å². The summed E-state index contributed by atoms with van der Waals surface area (Å²) in [5.74, 6) is 1.21. The zero-order chi connectivity index (χ0) is 21.2. The summed E-state index contributed by atoms with van der Waals surface area (Å²) in [7, 11) is 0. The number of thiazole rings is 1. The normalized spacial score (nSPS) is 16.2. The van der Waals surface area contributed by atoms with E-state index in [4.69, 9.17) is 9.72 Å². The predicted octanol–water partition coefficient (Wildman–Crippen LogP) is 3.94. The van der Waals surface area contributed by atoms with E-state index >= 15 is 0 Å². The van der Waals surface area contributed by atoms with Gasteiger partial charge in [-0.3, -0.25) is 9.69 Å². The number of hydrogen-bond donors (Lipinski definition) is 0. The number of nitrogens with zero attached hydrogens (tertiary/aromatic N) is 3. The third-order valence-electron chi connectivity index (χ3n) is 6.03. The highest BCUT2D eigenvalue weighted by Gasteiger charge is 2.22. The van der Waals surface area contributed by atoms with Gasteiger partial charge in [0.05, 0.1) is 18.7 Å². The number of aryl methyl sites for hydroxylation is 1. The van der Waals surface area contributed by atoms with Gasteiger partial charge in [-0.15, -0.1) is 11.3 Å². The Morgan fingerprint density at radius 1 is 1.13 bits per heavy atom. The number of piperazine rings is 1. The molecule has 0 bridgehead atoms. The van der Waals surface area contributed by atoms with Gasteiger partial charge in [0.15, 0.2) is 0 Å². The molecule has 2 aliphatic heterocycles. The minimum absolute atomic E-state index is 0.176. The molecule has 0 spiro atoms. The Labute approximate surface area is 187 Å². The van der Waals surface area contributed by atoms with Gasteiger partial charge in [0.1, 0.15) is 10.8 Å². The minimum atomic E-state index is 0.176. The Morgan fingerprint density at radius 3 is 2.84 bits per heavy atom. The van der Waals surface area contributed by atoms with Crippen molar-refractivity contribution in [3.8, 4) is 16.3 Å². The summed E-state index contributed by atoms with van der Waals surface area (Å²) in [5, 5.41) is 3.00. The molecule has 5 rings (SSSR count). The molecule has 3 aromatic rings. The Morgan fingerprint density at radius 2 is 2.00 bits per heavy atom. The van der Waals surface area contributed by atoms with Crippen LogP contribution in [0.2, 0.25) is 0 Å². The third-order valence-corrected chi connectivity index (χ3v) is 6.97. The fourth-order valence-corrected chi connectivity index (χ4v) is 5.13. The largest absolute Gasteiger partial charge is 0.493 e. The molecule has 0 aliphatic carbocycles. The van der Waals surface area contributed by atoms with Crippen LogP contribution in [0.3, 0.4) is 0 Å². The molecule has 2 aliphatic rings. The Kier molecular flexibility index (Phi) is 5.74. The topological polar surface area (TPSA) is 45.7 Å². The Balaban J connectivity index is 1.14. The highest BCUT2D eigenvalue weighted by Crippen LogP contribution is 2.27. The van der Waals surface area contributed by atoms with Crippen LogP contribution < -0.4 is 4.74 Å². The smallest absolute Gasteiger partial charge is 0.228 e. The average Bonchev–Trinajstić information content (AvgIpc) is 3.43. The van der Waals surface area contributed by atoms with Crippen molar-refractivity contribution in [2.24, 2.45) is 0 Å². The van der Waals surface area contributed by atoms with Crippen molar-refractivity contribution >= 4 is 17.2 Å². The highest BCUT2D eigenvalue weighted by atomic mass is 32.1. The molecule has 0 atom stereocenters. The van der Waals surface area contributed by atoms with Crippen LogP contribution >= 0.6 is 11.3 Å². The number of amides is 1. The lowest BCUT2D eigenvalue weighted by molar-refractivity contribution is -0.132. The van der Waals surface area contributed by atoms with Gasteiger partial charge >= 0.3 is 0 Å². The standard InChI is InChI=1S/C25H27N3O2S/c1-18-3-2-4-21(13-18)25-26-22(17-31-25)15-24(29)28-10-8-27(9-11-28)16-19-5-6-23-20(14-19)7-12-30-23/h2-6,13-14,17H,7-12,15-16H2,1H3. The fourth-order valence-electron chi connectivity index (χ4n) is 4.32. The number of aromatic nitrogens is 1. The average molecular weight is 434 g/mol. The molecule has 2 aromatic carbocycles. The van der Waals surface area contributed by atoms with Gasteiger partial charge in [-0.1, -0.05) is 35.9 Å². The number of carbonyl (C=O) groups excluding carboxylic acids is 1. The molecule has 6 heteroatoms. The molecular formula is C25H27N3O2S. The van der Waals surface area contributed by atoms with Crippen molar-refractivity contribution in [2.75, 3.05) is 32.8 Å². The van der Waals surface area contributed by atoms with Crippen LogP contribution in [0.4, 0.5) is 0 Å². The summed E-state index contributed by atoms with van der Waals surface area (Å²) >= 11 is 1.61. The molecule has 160 valence electrons. The zero-order valence-corrected chi connectivity index (χ0v) is 18.7. The lowest BCUT2D eigenvalue weighted by atomic mass is 10.1. The van der Waals surface area contributed by atoms with E-state index in [2.05, 4.69) is 48.2 Å². The van der Waals surface area contributed by atoms with Crippen molar-refractivity contribution in [1.29, 1.82) is 0 Å². The van der Waals surface area contributed by atoms with Crippen molar-refractivity contribution in [1.82, 2.24) is 14.8 Å². The van der Waals surface area contributed by atoms with Gasteiger partial charge in [-0.05, 0) is 30.2 Å². The summed E-state index contributed by atoms with van der Waals surface area (Å²) in [6.07, 6.45) is 1.39. The first-order chi connectivity index (χ1) is 15.1. The summed E-state index contributed by atoms with van der Waals surface area (Å²) in [5.41, 5.74) is 5.86. The van der Waals surface area contributed by atoms with Crippen LogP contribution in [-0.2, 0) is 24.2 Å². The fraction of sp³-hybridized carbons (Fsp3) is 0.360. The second kappa shape index (κ2) is 8.81. The van der Waals surface area contributed by atoms with E-state index in [0.717, 1.165) is 67.8 Å². The summed E-state index contributed by atoms with van der Waals surface area (Å²) < 4.78 is 5.60. The first-order valence-electron chi connectivity index (χ1n) is 10.9. The first kappa shape index (κ1) is 20.2. The second-order valence-electron chi connectivity index (χ2n) is 8.39. The maximum Gasteiger partial charge on any atom is 0.228 e. The Bertz CT molecular complexity index is 1090. The minimum Gasteiger partial charge on any atom is -0.493 e. The maximum absolute atomic E-state index is 12.8. The second-order valence-corrected chi connectivity index (χ2v) is 9.25. The summed E-state index contributed by atoms with van der Waals surface area (Å²) in [4.78, 5) is 21.9. The van der Waals surface area contributed by atoms with Gasteiger partial charge in [0.2, 0.25) is 5.91 Å². The molecule has 1 aromatic heterocycles. The van der Waals surface area contributed by atoms with E-state index in [9.17, 15) is 4.79 Å². The van der Waals surface area contributed by atoms with Crippen LogP contribution in [0.5, 0.6) is 5.75 Å². The lowest BCUT2D eigenvalue weighted by Crippen LogP contribution is -2.48. The van der Waals surface area contributed by atoms with Crippen LogP contribution in [0.1, 0.15) is 22.4 Å². The van der Waals surface area contributed by atoms with Gasteiger partial charge < -0.3 is 9.64 Å². The van der Waals surface area contributed by atoms with E-state index in [1.54, 1.807) is 11.3 Å². The van der Waals surface area contributed by atoms with Crippen LogP contribution in [0.15, 0.2) is 47.8 Å². The number of rotatable bonds is 5. The van der Waals surface area contributed by atoms with E-state index in [1.165, 1.54) is 16.7 Å². The van der Waals surface area contributed by atoms with Crippen LogP contribution in [-0.4, -0.2) is 53.5 Å². The quantitative estimate of drug-likeness (QED) is 0.611. The van der Waals surface area contributed by atoms with E-state index in [-0.39, 0.29) is 5.91 Å². The molecule has 0 N–H and O–H groups in total. The third kappa shape index (κ3) is 4.65. The molecule has 1 saturated heterocycles. The molecular weight excluding hydrogens is 406 g/mol. The van der Waals surface area contributed by atoms with Crippen LogP contribution in [0.25, 0.3) is 10.6 Å². The molecule has 0 saturated carbocycles. The van der Waals surface area contributed by atoms with Gasteiger partial charge in [0.25, 0.3) is 0 Å². The molecule has 5 nitrogen and oxygen atoms in total. The molecule has 3 heterocycles. The van der Waals surface area contributed by atoms with Gasteiger partial charge in [-0.2, -0.15) is 0 Å². The van der Waals surface area contributed by atoms with Gasteiger partial charge in [0, 0.05) is 50.1 Å². The van der Waals surface area contributed by atoms with Crippen molar-refractivity contribution in [3.63, 3.8) is 0 Å². The Hall–Kier alpha value is -2.70. The number of carbonyl (C=O) groups is 1. The summed E-state index contributed by atoms with van der Waals surface area (Å²) in [6, 6.07) is 14.9. The number of benzene rings is 2. The number of hydrogen-bond acceptors (Lipinski definition) is 5. The molecule has 0 radical (unpaired) electrons. The van der Waals surface area contributed by atoms with Crippen LogP contribution in [0, 0.1) is 6.92 Å². The van der Waals surface area contributed by atoms with E-state index < -0.39 is 0 Å². The summed E-state index contributed by atoms with van der Waals surface area (Å²) in [6.45, 7) is 7.19. The SMILES string of the molecule is Cc1cccc(-c2nc(CC(=O)N3CCN(Cc4ccc5c(c4)CCO5)CC3)cs2)c1. The predicted molar refractivity (Wildman–Crippen MR) is 123 cm³/mol. The highest BCUT2D eigenvalue weighted by molar-refractivity contribution is 7.13.